The fourth-order valence-corrected chi connectivity index (χ4v) is 3.50. The molecule has 0 atom stereocenters. The molecule has 8 nitrogen and oxygen atoms in total. The van der Waals surface area contributed by atoms with E-state index in [2.05, 4.69) is 37.5 Å². The molecule has 0 aliphatic carbocycles. The van der Waals surface area contributed by atoms with Gasteiger partial charge in [0.2, 0.25) is 11.7 Å². The summed E-state index contributed by atoms with van der Waals surface area (Å²) in [7, 11) is 0. The van der Waals surface area contributed by atoms with Gasteiger partial charge in [-0.25, -0.2) is 9.78 Å². The second kappa shape index (κ2) is 9.39. The van der Waals surface area contributed by atoms with Gasteiger partial charge in [0.05, 0.1) is 0 Å². The number of nitrogens with one attached hydrogen (secondary N) is 1. The number of rotatable bonds is 6. The van der Waals surface area contributed by atoms with Gasteiger partial charge in [0.15, 0.2) is 0 Å². The van der Waals surface area contributed by atoms with Crippen molar-refractivity contribution in [3.63, 3.8) is 0 Å². The maximum Gasteiger partial charge on any atom is 0.317 e. The third kappa shape index (κ3) is 4.94. The summed E-state index contributed by atoms with van der Waals surface area (Å²) in [6.07, 6.45) is 3.66. The van der Waals surface area contributed by atoms with Crippen LogP contribution in [0.15, 0.2) is 53.2 Å². The van der Waals surface area contributed by atoms with Gasteiger partial charge in [-0.15, -0.1) is 0 Å². The molecule has 3 aromatic rings. The molecule has 1 aliphatic rings. The van der Waals surface area contributed by atoms with Gasteiger partial charge in [-0.05, 0) is 30.5 Å². The Labute approximate surface area is 175 Å². The first-order chi connectivity index (χ1) is 14.7. The summed E-state index contributed by atoms with van der Waals surface area (Å²) in [6, 6.07) is 14.3. The van der Waals surface area contributed by atoms with Crippen LogP contribution in [0.2, 0.25) is 0 Å². The Morgan fingerprint density at radius 3 is 2.57 bits per heavy atom. The van der Waals surface area contributed by atoms with Crippen molar-refractivity contribution in [1.29, 1.82) is 0 Å². The number of hydrogen-bond donors (Lipinski definition) is 1. The molecule has 1 N–H and O–H groups in total. The summed E-state index contributed by atoms with van der Waals surface area (Å²) in [5.74, 6) is 1.96. The number of carbonyl (C=O) groups is 1. The first-order valence-electron chi connectivity index (χ1n) is 10.3. The van der Waals surface area contributed by atoms with Crippen molar-refractivity contribution < 1.29 is 9.32 Å². The van der Waals surface area contributed by atoms with Gasteiger partial charge in [-0.2, -0.15) is 4.98 Å². The molecule has 1 fully saturated rings. The lowest BCUT2D eigenvalue weighted by atomic mass is 10.1. The Kier molecular flexibility index (Phi) is 6.22. The molecule has 0 unspecified atom stereocenters. The average molecular weight is 406 g/mol. The third-order valence-electron chi connectivity index (χ3n) is 5.19. The molecule has 30 heavy (non-hydrogen) atoms. The number of anilines is 1. The summed E-state index contributed by atoms with van der Waals surface area (Å²) in [5.41, 5.74) is 2.12. The second-order valence-electron chi connectivity index (χ2n) is 7.34. The summed E-state index contributed by atoms with van der Waals surface area (Å²) in [6.45, 7) is 5.32. The number of aromatic nitrogens is 3. The summed E-state index contributed by atoms with van der Waals surface area (Å²) < 4.78 is 5.01. The summed E-state index contributed by atoms with van der Waals surface area (Å²) in [5, 5.41) is 6.95. The Bertz CT molecular complexity index is 949. The highest BCUT2D eigenvalue weighted by Gasteiger charge is 2.21. The molecule has 0 spiro atoms. The number of nitrogens with zero attached hydrogens (tertiary/aromatic N) is 5. The van der Waals surface area contributed by atoms with Crippen LogP contribution in [-0.2, 0) is 6.42 Å². The van der Waals surface area contributed by atoms with Gasteiger partial charge < -0.3 is 19.6 Å². The van der Waals surface area contributed by atoms with Gasteiger partial charge in [-0.1, -0.05) is 35.5 Å². The molecule has 3 heterocycles. The Balaban J connectivity index is 1.21. The molecule has 4 rings (SSSR count). The van der Waals surface area contributed by atoms with E-state index in [0.29, 0.717) is 31.3 Å². The Morgan fingerprint density at radius 2 is 1.90 bits per heavy atom. The fraction of sp³-hybridized carbons (Fsp3) is 0.364. The third-order valence-corrected chi connectivity index (χ3v) is 5.19. The highest BCUT2D eigenvalue weighted by Crippen LogP contribution is 2.19. The van der Waals surface area contributed by atoms with Crippen LogP contribution in [0, 0.1) is 6.92 Å². The van der Waals surface area contributed by atoms with E-state index in [-0.39, 0.29) is 6.03 Å². The number of amides is 2. The van der Waals surface area contributed by atoms with E-state index >= 15 is 0 Å². The predicted octanol–water partition coefficient (Wildman–Crippen LogP) is 2.90. The van der Waals surface area contributed by atoms with Crippen LogP contribution in [0.5, 0.6) is 0 Å². The van der Waals surface area contributed by atoms with Crippen molar-refractivity contribution >= 4 is 11.8 Å². The maximum absolute atomic E-state index is 12.4. The van der Waals surface area contributed by atoms with Gasteiger partial charge in [0.1, 0.15) is 5.82 Å². The van der Waals surface area contributed by atoms with E-state index in [0.717, 1.165) is 37.3 Å². The van der Waals surface area contributed by atoms with Crippen LogP contribution in [0.1, 0.15) is 17.9 Å². The second-order valence-corrected chi connectivity index (χ2v) is 7.34. The number of urea groups is 1. The summed E-state index contributed by atoms with van der Waals surface area (Å²) in [4.78, 5) is 25.2. The normalized spacial score (nSPS) is 14.0. The first kappa shape index (κ1) is 19.9. The smallest absolute Gasteiger partial charge is 0.317 e. The quantitative estimate of drug-likeness (QED) is 0.634. The Hall–Kier alpha value is -3.42. The van der Waals surface area contributed by atoms with Crippen molar-refractivity contribution in [2.75, 3.05) is 37.6 Å². The van der Waals surface area contributed by atoms with Crippen molar-refractivity contribution in [3.8, 4) is 11.4 Å². The van der Waals surface area contributed by atoms with Crippen LogP contribution in [-0.4, -0.2) is 58.8 Å². The highest BCUT2D eigenvalue weighted by molar-refractivity contribution is 5.74. The van der Waals surface area contributed by atoms with Gasteiger partial charge >= 0.3 is 6.03 Å². The standard InChI is InChI=1S/C22H26N6O2/c1-17-25-21(26-30-17)19-9-10-20(24-16-19)27-12-14-28(15-13-27)22(29)23-11-5-8-18-6-3-2-4-7-18/h2-4,6-7,9-10,16H,5,8,11-15H2,1H3,(H,23,29). The van der Waals surface area contributed by atoms with E-state index in [1.165, 1.54) is 5.56 Å². The number of aryl methyl sites for hydroxylation is 2. The van der Waals surface area contributed by atoms with E-state index in [1.54, 1.807) is 13.1 Å². The zero-order chi connectivity index (χ0) is 20.8. The minimum atomic E-state index is 0.0125. The van der Waals surface area contributed by atoms with Crippen LogP contribution in [0.4, 0.5) is 10.6 Å². The van der Waals surface area contributed by atoms with Crippen molar-refractivity contribution in [3.05, 3.63) is 60.1 Å². The van der Waals surface area contributed by atoms with E-state index in [9.17, 15) is 4.79 Å². The number of pyridine rings is 1. The molecular weight excluding hydrogens is 380 g/mol. The van der Waals surface area contributed by atoms with Crippen LogP contribution < -0.4 is 10.2 Å². The highest BCUT2D eigenvalue weighted by atomic mass is 16.5. The van der Waals surface area contributed by atoms with Crippen molar-refractivity contribution in [1.82, 2.24) is 25.3 Å². The molecule has 1 aliphatic heterocycles. The molecule has 2 aromatic heterocycles. The number of piperazine rings is 1. The minimum Gasteiger partial charge on any atom is -0.353 e. The zero-order valence-corrected chi connectivity index (χ0v) is 17.1. The number of carbonyl (C=O) groups excluding carboxylic acids is 1. The monoisotopic (exact) mass is 406 g/mol. The van der Waals surface area contributed by atoms with Gasteiger partial charge in [-0.3, -0.25) is 0 Å². The average Bonchev–Trinajstić information content (AvgIpc) is 3.24. The topological polar surface area (TPSA) is 87.4 Å². The lowest BCUT2D eigenvalue weighted by Crippen LogP contribution is -2.52. The Morgan fingerprint density at radius 1 is 1.10 bits per heavy atom. The number of benzene rings is 1. The van der Waals surface area contributed by atoms with Crippen LogP contribution in [0.25, 0.3) is 11.4 Å². The molecule has 1 saturated heterocycles. The molecule has 0 radical (unpaired) electrons. The summed E-state index contributed by atoms with van der Waals surface area (Å²) >= 11 is 0. The maximum atomic E-state index is 12.4. The zero-order valence-electron chi connectivity index (χ0n) is 17.1. The minimum absolute atomic E-state index is 0.0125. The lowest BCUT2D eigenvalue weighted by molar-refractivity contribution is 0.194. The first-order valence-corrected chi connectivity index (χ1v) is 10.3. The molecule has 0 bridgehead atoms. The van der Waals surface area contributed by atoms with Gasteiger partial charge in [0, 0.05) is 51.4 Å². The van der Waals surface area contributed by atoms with Crippen LogP contribution >= 0.6 is 0 Å². The molecule has 8 heteroatoms. The largest absolute Gasteiger partial charge is 0.353 e. The molecule has 156 valence electrons. The van der Waals surface area contributed by atoms with Crippen LogP contribution in [0.3, 0.4) is 0 Å². The fourth-order valence-electron chi connectivity index (χ4n) is 3.50. The SMILES string of the molecule is Cc1nc(-c2ccc(N3CCN(C(=O)NCCCc4ccccc4)CC3)nc2)no1. The van der Waals surface area contributed by atoms with Crippen molar-refractivity contribution in [2.24, 2.45) is 0 Å². The van der Waals surface area contributed by atoms with E-state index < -0.39 is 0 Å². The van der Waals surface area contributed by atoms with E-state index in [4.69, 9.17) is 4.52 Å². The van der Waals surface area contributed by atoms with Gasteiger partial charge in [0.25, 0.3) is 0 Å². The molecular formula is C22H26N6O2. The lowest BCUT2D eigenvalue weighted by Gasteiger charge is -2.35. The number of hydrogen-bond acceptors (Lipinski definition) is 6. The molecule has 0 saturated carbocycles. The molecule has 2 amide bonds. The molecule has 1 aromatic carbocycles. The van der Waals surface area contributed by atoms with Crippen molar-refractivity contribution in [2.45, 2.75) is 19.8 Å². The predicted molar refractivity (Wildman–Crippen MR) is 114 cm³/mol. The van der Waals surface area contributed by atoms with E-state index in [1.807, 2.05) is 35.2 Å².